The van der Waals surface area contributed by atoms with E-state index in [4.69, 9.17) is 14.8 Å². The number of hydrogen-bond donors (Lipinski definition) is 0. The molecule has 7 rings (SSSR count). The molecule has 2 unspecified atom stereocenters. The van der Waals surface area contributed by atoms with Gasteiger partial charge < -0.3 is 9.30 Å². The van der Waals surface area contributed by atoms with Crippen molar-refractivity contribution in [3.8, 4) is 34.1 Å². The van der Waals surface area contributed by atoms with Crippen molar-refractivity contribution in [3.05, 3.63) is 131 Å². The van der Waals surface area contributed by atoms with E-state index in [-0.39, 0.29) is 26.5 Å². The molecule has 7 aromatic rings. The summed E-state index contributed by atoms with van der Waals surface area (Å²) in [5.41, 5.74) is 10.9. The second-order valence-electron chi connectivity index (χ2n) is 15.7. The van der Waals surface area contributed by atoms with Gasteiger partial charge >= 0.3 is 21.1 Å². The minimum absolute atomic E-state index is 0. The van der Waals surface area contributed by atoms with Gasteiger partial charge in [0.1, 0.15) is 5.82 Å². The molecule has 0 saturated heterocycles. The van der Waals surface area contributed by atoms with Crippen LogP contribution in [0.25, 0.3) is 44.4 Å². The van der Waals surface area contributed by atoms with Gasteiger partial charge in [0.15, 0.2) is 0 Å². The Kier molecular flexibility index (Phi) is 11.2. The number of ether oxygens (including phenoxy) is 1. The van der Waals surface area contributed by atoms with Gasteiger partial charge in [0.05, 0.1) is 5.69 Å². The summed E-state index contributed by atoms with van der Waals surface area (Å²) in [7, 11) is 0. The minimum atomic E-state index is -0.0156. The fourth-order valence-corrected chi connectivity index (χ4v) is 7.75. The van der Waals surface area contributed by atoms with Crippen molar-refractivity contribution in [2.45, 2.75) is 92.9 Å². The first-order chi connectivity index (χ1) is 24.9. The van der Waals surface area contributed by atoms with Crippen LogP contribution in [0.15, 0.2) is 91.1 Å². The van der Waals surface area contributed by atoms with Gasteiger partial charge in [-0.15, -0.1) is 35.7 Å². The summed E-state index contributed by atoms with van der Waals surface area (Å²) < 4.78 is 10.8. The van der Waals surface area contributed by atoms with Crippen molar-refractivity contribution >= 4 is 21.8 Å². The predicted molar refractivity (Wildman–Crippen MR) is 215 cm³/mol. The number of fused-ring (bicyclic) bond motifs is 3. The second kappa shape index (κ2) is 15.5. The molecule has 4 aromatic carbocycles. The molecule has 6 heteroatoms. The van der Waals surface area contributed by atoms with Crippen molar-refractivity contribution < 1.29 is 25.8 Å². The van der Waals surface area contributed by atoms with Crippen LogP contribution in [0.4, 0.5) is 0 Å². The molecule has 0 bridgehead atoms. The molecular formula is C47H50N4OPt. The summed E-state index contributed by atoms with van der Waals surface area (Å²) in [6.07, 6.45) is 5.58. The molecule has 0 fully saturated rings. The van der Waals surface area contributed by atoms with E-state index in [2.05, 4.69) is 146 Å². The van der Waals surface area contributed by atoms with E-state index in [1.165, 1.54) is 35.8 Å². The van der Waals surface area contributed by atoms with E-state index in [1.807, 2.05) is 29.1 Å². The number of aryl methyl sites for hydroxylation is 2. The van der Waals surface area contributed by atoms with Crippen molar-refractivity contribution in [1.29, 1.82) is 0 Å². The van der Waals surface area contributed by atoms with Crippen LogP contribution in [0.5, 0.6) is 11.5 Å². The Morgan fingerprint density at radius 2 is 1.60 bits per heavy atom. The third kappa shape index (κ3) is 7.78. The Morgan fingerprint density at radius 1 is 0.830 bits per heavy atom. The van der Waals surface area contributed by atoms with Gasteiger partial charge in [-0.1, -0.05) is 109 Å². The summed E-state index contributed by atoms with van der Waals surface area (Å²) in [5.74, 6) is 3.28. The van der Waals surface area contributed by atoms with Gasteiger partial charge in [-0.05, 0) is 83.5 Å². The van der Waals surface area contributed by atoms with Crippen molar-refractivity contribution in [2.75, 3.05) is 0 Å². The van der Waals surface area contributed by atoms with Crippen LogP contribution in [0.3, 0.4) is 0 Å². The van der Waals surface area contributed by atoms with Crippen molar-refractivity contribution in [2.24, 2.45) is 5.92 Å². The first-order valence-corrected chi connectivity index (χ1v) is 18.7. The molecule has 2 atom stereocenters. The number of rotatable bonds is 10. The number of pyridine rings is 1. The zero-order valence-corrected chi connectivity index (χ0v) is 34.7. The smallest absolute Gasteiger partial charge is 0.509 e. The Hall–Kier alpha value is -4.47. The number of benzene rings is 4. The fraction of sp³-hybridized carbons (Fsp3) is 0.319. The average molecular weight is 882 g/mol. The molecule has 0 aliphatic heterocycles. The van der Waals surface area contributed by atoms with Gasteiger partial charge in [0.25, 0.3) is 0 Å². The molecule has 274 valence electrons. The molecule has 53 heavy (non-hydrogen) atoms. The second-order valence-corrected chi connectivity index (χ2v) is 15.7. The van der Waals surface area contributed by atoms with E-state index >= 15 is 0 Å². The third-order valence-corrected chi connectivity index (χ3v) is 10.4. The molecule has 3 aromatic heterocycles. The molecule has 3 heterocycles. The average Bonchev–Trinajstić information content (AvgIpc) is 3.60. The van der Waals surface area contributed by atoms with Gasteiger partial charge in [0.2, 0.25) is 0 Å². The maximum atomic E-state index is 6.60. The molecule has 5 nitrogen and oxygen atoms in total. The number of nitrogens with zero attached hydrogens (tertiary/aromatic N) is 4. The van der Waals surface area contributed by atoms with Crippen LogP contribution >= 0.6 is 0 Å². The van der Waals surface area contributed by atoms with E-state index in [1.54, 1.807) is 0 Å². The SMILES string of the molecule is CCCC(C)CC(C)c1ccc2c(c1)c1ccc(Oc3[c-]c(-n4nc(C)c(-c5ccccc5)c4C)cc(C)c3)[c-]c1n2-c1cc(C(C)(C)C)ccn1.[Pt+2]. The van der Waals surface area contributed by atoms with Crippen LogP contribution in [0.2, 0.25) is 0 Å². The predicted octanol–water partition coefficient (Wildman–Crippen LogP) is 12.6. The van der Waals surface area contributed by atoms with Crippen LogP contribution in [0.1, 0.15) is 94.8 Å². The Labute approximate surface area is 329 Å². The summed E-state index contributed by atoms with van der Waals surface area (Å²) in [5, 5.41) is 7.27. The largest absolute Gasteiger partial charge is 2.00 e. The van der Waals surface area contributed by atoms with E-state index in [0.29, 0.717) is 23.3 Å². The van der Waals surface area contributed by atoms with E-state index in [0.717, 1.165) is 56.0 Å². The molecule has 0 radical (unpaired) electrons. The first kappa shape index (κ1) is 38.3. The molecule has 0 aliphatic rings. The van der Waals surface area contributed by atoms with E-state index in [9.17, 15) is 0 Å². The molecular weight excluding hydrogens is 832 g/mol. The van der Waals surface area contributed by atoms with Crippen molar-refractivity contribution in [3.63, 3.8) is 0 Å². The zero-order valence-electron chi connectivity index (χ0n) is 32.4. The molecule has 0 amide bonds. The Bertz CT molecular complexity index is 2380. The summed E-state index contributed by atoms with van der Waals surface area (Å²) in [6, 6.07) is 37.2. The Balaban J connectivity index is 0.00000481. The topological polar surface area (TPSA) is 44.9 Å². The zero-order chi connectivity index (χ0) is 36.7. The van der Waals surface area contributed by atoms with Gasteiger partial charge in [-0.2, -0.15) is 16.7 Å². The quantitative estimate of drug-likeness (QED) is 0.129. The molecule has 0 saturated carbocycles. The van der Waals surface area contributed by atoms with Crippen LogP contribution in [0, 0.1) is 38.8 Å². The standard InChI is InChI=1S/C47H50N4O.Pt/c1-10-14-30(2)23-32(4)36-17-20-43-42(26-36)41-19-18-39(29-44(41)50(43)45-27-37(21-22-48-45)47(7,8)9)52-40-25-31(3)24-38(28-40)51-34(6)46(33(5)49-51)35-15-12-11-13-16-35;/h11-13,15-22,24-27,30,32H,10,14,23H2,1-9H3;/q-2;+2. The molecule has 0 N–H and O–H groups in total. The van der Waals surface area contributed by atoms with Crippen LogP contribution < -0.4 is 4.74 Å². The first-order valence-electron chi connectivity index (χ1n) is 18.7. The minimum Gasteiger partial charge on any atom is -0.509 e. The monoisotopic (exact) mass is 881 g/mol. The molecule has 0 aliphatic carbocycles. The van der Waals surface area contributed by atoms with E-state index < -0.39 is 0 Å². The van der Waals surface area contributed by atoms with Crippen LogP contribution in [-0.2, 0) is 26.5 Å². The Morgan fingerprint density at radius 3 is 2.34 bits per heavy atom. The summed E-state index contributed by atoms with van der Waals surface area (Å²) in [4.78, 5) is 4.91. The van der Waals surface area contributed by atoms with Crippen molar-refractivity contribution in [1.82, 2.24) is 19.3 Å². The van der Waals surface area contributed by atoms with Crippen LogP contribution in [-0.4, -0.2) is 19.3 Å². The number of aromatic nitrogens is 4. The third-order valence-electron chi connectivity index (χ3n) is 10.4. The summed E-state index contributed by atoms with van der Waals surface area (Å²) in [6.45, 7) is 20.0. The van der Waals surface area contributed by atoms with Gasteiger partial charge in [-0.3, -0.25) is 4.68 Å². The maximum Gasteiger partial charge on any atom is 2.00 e. The van der Waals surface area contributed by atoms with Gasteiger partial charge in [-0.25, -0.2) is 4.98 Å². The maximum absolute atomic E-state index is 6.60. The molecule has 0 spiro atoms. The summed E-state index contributed by atoms with van der Waals surface area (Å²) >= 11 is 0. The normalized spacial score (nSPS) is 12.9. The van der Waals surface area contributed by atoms with Gasteiger partial charge in [0, 0.05) is 34.5 Å². The fourth-order valence-electron chi connectivity index (χ4n) is 7.75. The number of hydrogen-bond acceptors (Lipinski definition) is 3.